The summed E-state index contributed by atoms with van der Waals surface area (Å²) in [6.45, 7) is 5.91. The van der Waals surface area contributed by atoms with Crippen molar-refractivity contribution in [2.75, 3.05) is 31.6 Å². The van der Waals surface area contributed by atoms with Gasteiger partial charge in [0.05, 0.1) is 13.2 Å². The maximum Gasteiger partial charge on any atom is 0.244 e. The summed E-state index contributed by atoms with van der Waals surface area (Å²) in [5.41, 5.74) is 0. The summed E-state index contributed by atoms with van der Waals surface area (Å²) in [4.78, 5) is 4.46. The fourth-order valence-corrected chi connectivity index (χ4v) is 3.61. The van der Waals surface area contributed by atoms with Gasteiger partial charge in [0.15, 0.2) is 0 Å². The highest BCUT2D eigenvalue weighted by molar-refractivity contribution is 7.89. The highest BCUT2D eigenvalue weighted by Crippen LogP contribution is 2.18. The SMILES string of the molecule is CCC(CC)Nc1ccc(S(=O)(=O)N2CCOCC2)cn1. The lowest BCUT2D eigenvalue weighted by Crippen LogP contribution is -2.40. The second-order valence-corrected chi connectivity index (χ2v) is 6.99. The predicted octanol–water partition coefficient (Wildman–Crippen LogP) is 1.70. The van der Waals surface area contributed by atoms with Gasteiger partial charge >= 0.3 is 0 Å². The first-order valence-electron chi connectivity index (χ1n) is 7.38. The Morgan fingerprint density at radius 3 is 2.48 bits per heavy atom. The molecule has 0 spiro atoms. The molecule has 2 rings (SSSR count). The number of anilines is 1. The molecule has 1 aliphatic heterocycles. The highest BCUT2D eigenvalue weighted by Gasteiger charge is 2.26. The molecule has 0 bridgehead atoms. The van der Waals surface area contributed by atoms with Crippen molar-refractivity contribution >= 4 is 15.8 Å². The van der Waals surface area contributed by atoms with Crippen LogP contribution in [0, 0.1) is 0 Å². The first-order chi connectivity index (χ1) is 10.1. The van der Waals surface area contributed by atoms with Gasteiger partial charge in [-0.05, 0) is 25.0 Å². The molecular weight excluding hydrogens is 290 g/mol. The van der Waals surface area contributed by atoms with E-state index in [1.807, 2.05) is 0 Å². The van der Waals surface area contributed by atoms with E-state index in [2.05, 4.69) is 24.1 Å². The van der Waals surface area contributed by atoms with Crippen molar-refractivity contribution in [3.8, 4) is 0 Å². The van der Waals surface area contributed by atoms with Gasteiger partial charge in [-0.25, -0.2) is 13.4 Å². The Kier molecular flexibility index (Phi) is 5.55. The molecule has 0 aliphatic carbocycles. The van der Waals surface area contributed by atoms with E-state index in [0.717, 1.165) is 12.8 Å². The van der Waals surface area contributed by atoms with Gasteiger partial charge in [-0.1, -0.05) is 13.8 Å². The van der Waals surface area contributed by atoms with E-state index in [0.29, 0.717) is 38.2 Å². The van der Waals surface area contributed by atoms with Crippen LogP contribution in [0.5, 0.6) is 0 Å². The van der Waals surface area contributed by atoms with Crippen molar-refractivity contribution in [1.29, 1.82) is 0 Å². The van der Waals surface area contributed by atoms with Gasteiger partial charge in [-0.15, -0.1) is 0 Å². The largest absolute Gasteiger partial charge is 0.379 e. The monoisotopic (exact) mass is 313 g/mol. The fourth-order valence-electron chi connectivity index (χ4n) is 2.26. The fraction of sp³-hybridized carbons (Fsp3) is 0.643. The van der Waals surface area contributed by atoms with E-state index in [9.17, 15) is 8.42 Å². The average molecular weight is 313 g/mol. The molecule has 1 fully saturated rings. The van der Waals surface area contributed by atoms with Gasteiger partial charge in [0.25, 0.3) is 0 Å². The minimum absolute atomic E-state index is 0.236. The van der Waals surface area contributed by atoms with Gasteiger partial charge in [0.2, 0.25) is 10.0 Å². The number of nitrogens with one attached hydrogen (secondary N) is 1. The van der Waals surface area contributed by atoms with Crippen LogP contribution in [0.2, 0.25) is 0 Å². The summed E-state index contributed by atoms with van der Waals surface area (Å²) in [5.74, 6) is 0.713. The van der Waals surface area contributed by atoms with E-state index in [1.54, 1.807) is 12.1 Å². The lowest BCUT2D eigenvalue weighted by molar-refractivity contribution is 0.0730. The number of rotatable bonds is 6. The summed E-state index contributed by atoms with van der Waals surface area (Å²) >= 11 is 0. The number of hydrogen-bond donors (Lipinski definition) is 1. The summed E-state index contributed by atoms with van der Waals surface area (Å²) in [5, 5.41) is 3.30. The lowest BCUT2D eigenvalue weighted by Gasteiger charge is -2.26. The standard InChI is InChI=1S/C14H23N3O3S/c1-3-12(4-2)16-14-6-5-13(11-15-14)21(18,19)17-7-9-20-10-8-17/h5-6,11-12H,3-4,7-10H2,1-2H3,(H,15,16). The van der Waals surface area contributed by atoms with E-state index in [4.69, 9.17) is 4.74 Å². The molecule has 0 aromatic carbocycles. The normalized spacial score (nSPS) is 17.1. The molecule has 6 nitrogen and oxygen atoms in total. The van der Waals surface area contributed by atoms with Gasteiger partial charge in [-0.3, -0.25) is 0 Å². The molecule has 2 heterocycles. The topological polar surface area (TPSA) is 71.5 Å². The Morgan fingerprint density at radius 1 is 1.29 bits per heavy atom. The van der Waals surface area contributed by atoms with Crippen molar-refractivity contribution < 1.29 is 13.2 Å². The molecule has 0 atom stereocenters. The summed E-state index contributed by atoms with van der Waals surface area (Å²) in [7, 11) is -3.46. The van der Waals surface area contributed by atoms with E-state index in [1.165, 1.54) is 10.5 Å². The Hall–Kier alpha value is -1.18. The lowest BCUT2D eigenvalue weighted by atomic mass is 10.2. The minimum Gasteiger partial charge on any atom is -0.379 e. The molecule has 21 heavy (non-hydrogen) atoms. The van der Waals surface area contributed by atoms with Crippen molar-refractivity contribution in [1.82, 2.24) is 9.29 Å². The Balaban J connectivity index is 2.10. The van der Waals surface area contributed by atoms with Gasteiger partial charge in [-0.2, -0.15) is 4.31 Å². The third kappa shape index (κ3) is 3.93. The summed E-state index contributed by atoms with van der Waals surface area (Å²) < 4.78 is 31.5. The number of morpholine rings is 1. The van der Waals surface area contributed by atoms with E-state index in [-0.39, 0.29) is 4.90 Å². The number of pyridine rings is 1. The van der Waals surface area contributed by atoms with Crippen LogP contribution in [0.3, 0.4) is 0 Å². The van der Waals surface area contributed by atoms with Gasteiger partial charge in [0.1, 0.15) is 10.7 Å². The number of aromatic nitrogens is 1. The zero-order valence-corrected chi connectivity index (χ0v) is 13.4. The average Bonchev–Trinajstić information content (AvgIpc) is 2.54. The van der Waals surface area contributed by atoms with E-state index >= 15 is 0 Å². The third-order valence-corrected chi connectivity index (χ3v) is 5.56. The van der Waals surface area contributed by atoms with E-state index < -0.39 is 10.0 Å². The minimum atomic E-state index is -3.46. The molecule has 1 aromatic heterocycles. The second-order valence-electron chi connectivity index (χ2n) is 5.05. The number of hydrogen-bond acceptors (Lipinski definition) is 5. The Bertz CT molecular complexity index is 535. The molecular formula is C14H23N3O3S. The highest BCUT2D eigenvalue weighted by atomic mass is 32.2. The number of nitrogens with zero attached hydrogens (tertiary/aromatic N) is 2. The van der Waals surface area contributed by atoms with Crippen LogP contribution >= 0.6 is 0 Å². The maximum absolute atomic E-state index is 12.4. The Morgan fingerprint density at radius 2 is 1.95 bits per heavy atom. The van der Waals surface area contributed by atoms with Crippen molar-refractivity contribution in [3.05, 3.63) is 18.3 Å². The second kappa shape index (κ2) is 7.20. The zero-order chi connectivity index (χ0) is 15.3. The first-order valence-corrected chi connectivity index (χ1v) is 8.82. The molecule has 118 valence electrons. The molecule has 0 unspecified atom stereocenters. The summed E-state index contributed by atoms with van der Waals surface area (Å²) in [6, 6.07) is 3.70. The van der Waals surface area contributed by atoms with Gasteiger partial charge in [0, 0.05) is 25.3 Å². The molecule has 0 saturated carbocycles. The van der Waals surface area contributed by atoms with Crippen molar-refractivity contribution in [2.24, 2.45) is 0 Å². The quantitative estimate of drug-likeness (QED) is 0.865. The van der Waals surface area contributed by atoms with Crippen LogP contribution in [-0.2, 0) is 14.8 Å². The molecule has 0 radical (unpaired) electrons. The van der Waals surface area contributed by atoms with Crippen LogP contribution in [0.25, 0.3) is 0 Å². The molecule has 1 N–H and O–H groups in total. The van der Waals surface area contributed by atoms with Gasteiger partial charge < -0.3 is 10.1 Å². The molecule has 7 heteroatoms. The first kappa shape index (κ1) is 16.2. The van der Waals surface area contributed by atoms with Crippen LogP contribution in [0.15, 0.2) is 23.2 Å². The Labute approximate surface area is 126 Å². The summed E-state index contributed by atoms with van der Waals surface area (Å²) in [6.07, 6.45) is 3.44. The molecule has 1 saturated heterocycles. The van der Waals surface area contributed by atoms with Crippen molar-refractivity contribution in [2.45, 2.75) is 37.6 Å². The van der Waals surface area contributed by atoms with Crippen LogP contribution in [0.1, 0.15) is 26.7 Å². The van der Waals surface area contributed by atoms with Crippen molar-refractivity contribution in [3.63, 3.8) is 0 Å². The van der Waals surface area contributed by atoms with Crippen LogP contribution in [-0.4, -0.2) is 50.1 Å². The van der Waals surface area contributed by atoms with Crippen LogP contribution in [0.4, 0.5) is 5.82 Å². The molecule has 1 aromatic rings. The zero-order valence-electron chi connectivity index (χ0n) is 12.6. The molecule has 0 amide bonds. The maximum atomic E-state index is 12.4. The third-order valence-electron chi connectivity index (χ3n) is 3.68. The smallest absolute Gasteiger partial charge is 0.244 e. The predicted molar refractivity (Wildman–Crippen MR) is 81.8 cm³/mol. The number of sulfonamides is 1. The number of ether oxygens (including phenoxy) is 1. The van der Waals surface area contributed by atoms with Crippen LogP contribution < -0.4 is 5.32 Å². The molecule has 1 aliphatic rings.